The Hall–Kier alpha value is -3.41. The van der Waals surface area contributed by atoms with Crippen LogP contribution < -0.4 is 5.56 Å². The van der Waals surface area contributed by atoms with Crippen LogP contribution in [0, 0.1) is 16.7 Å². The minimum atomic E-state index is -1.26. The number of hydrogen-bond acceptors (Lipinski definition) is 5. The number of carboxylic acid groups (broad SMARTS) is 1. The van der Waals surface area contributed by atoms with Crippen molar-refractivity contribution >= 4 is 11.6 Å². The number of nitrogens with one attached hydrogen (secondary N) is 1. The van der Waals surface area contributed by atoms with Gasteiger partial charge in [-0.05, 0) is 24.7 Å². The first-order valence-corrected chi connectivity index (χ1v) is 9.72. The van der Waals surface area contributed by atoms with Gasteiger partial charge < -0.3 is 10.1 Å². The Morgan fingerprint density at radius 2 is 1.93 bits per heavy atom. The lowest BCUT2D eigenvalue weighted by Crippen LogP contribution is -2.42. The van der Waals surface area contributed by atoms with E-state index < -0.39 is 11.5 Å². The Morgan fingerprint density at radius 3 is 2.47 bits per heavy atom. The fourth-order valence-corrected chi connectivity index (χ4v) is 3.88. The molecule has 0 aliphatic carbocycles. The van der Waals surface area contributed by atoms with Crippen LogP contribution in [0.2, 0.25) is 0 Å². The van der Waals surface area contributed by atoms with E-state index in [0.717, 1.165) is 0 Å². The van der Waals surface area contributed by atoms with E-state index in [1.807, 2.05) is 40.7 Å². The van der Waals surface area contributed by atoms with Crippen LogP contribution in [0.3, 0.4) is 0 Å². The standard InChI is InChI=1S/C21H26N6O3/c1-12(2)15-16(25-17-13(7-22)8-24-27(17)18(15)28)14-9-23-26(10-14)21(6,19(29)30)11-20(3,4)5/h8-10,12,25H,11H2,1-6H3,(H,29,30). The highest BCUT2D eigenvalue weighted by Crippen LogP contribution is 2.34. The summed E-state index contributed by atoms with van der Waals surface area (Å²) < 4.78 is 2.62. The lowest BCUT2D eigenvalue weighted by Gasteiger charge is -2.32. The van der Waals surface area contributed by atoms with Crippen molar-refractivity contribution < 1.29 is 9.90 Å². The number of carbonyl (C=O) groups is 1. The van der Waals surface area contributed by atoms with E-state index in [0.29, 0.717) is 28.9 Å². The number of fused-ring (bicyclic) bond motifs is 1. The molecule has 9 heteroatoms. The van der Waals surface area contributed by atoms with Crippen LogP contribution in [0.5, 0.6) is 0 Å². The molecule has 0 bridgehead atoms. The molecule has 0 aliphatic rings. The molecular weight excluding hydrogens is 384 g/mol. The maximum Gasteiger partial charge on any atom is 0.331 e. The average molecular weight is 410 g/mol. The molecule has 3 heterocycles. The topological polar surface area (TPSA) is 129 Å². The summed E-state index contributed by atoms with van der Waals surface area (Å²) >= 11 is 0. The van der Waals surface area contributed by atoms with Gasteiger partial charge in [0.25, 0.3) is 5.56 Å². The maximum atomic E-state index is 13.0. The summed E-state index contributed by atoms with van der Waals surface area (Å²) in [5.74, 6) is -1.12. The van der Waals surface area contributed by atoms with Crippen LogP contribution in [0.25, 0.3) is 16.9 Å². The Morgan fingerprint density at radius 1 is 1.27 bits per heavy atom. The van der Waals surface area contributed by atoms with E-state index in [2.05, 4.69) is 15.2 Å². The molecule has 0 fully saturated rings. The van der Waals surface area contributed by atoms with Gasteiger partial charge in [-0.1, -0.05) is 34.6 Å². The average Bonchev–Trinajstić information content (AvgIpc) is 3.26. The van der Waals surface area contributed by atoms with Gasteiger partial charge in [-0.25, -0.2) is 4.79 Å². The van der Waals surface area contributed by atoms with Crippen LogP contribution in [0.1, 0.15) is 65.0 Å². The van der Waals surface area contributed by atoms with Gasteiger partial charge in [0.05, 0.1) is 18.1 Å². The van der Waals surface area contributed by atoms with Crippen molar-refractivity contribution in [2.75, 3.05) is 0 Å². The van der Waals surface area contributed by atoms with Crippen molar-refractivity contribution in [2.45, 2.75) is 59.4 Å². The lowest BCUT2D eigenvalue weighted by molar-refractivity contribution is -0.149. The molecule has 3 aromatic rings. The van der Waals surface area contributed by atoms with E-state index in [1.165, 1.54) is 15.4 Å². The molecule has 1 atom stereocenters. The van der Waals surface area contributed by atoms with Gasteiger partial charge in [0.1, 0.15) is 11.6 Å². The SMILES string of the molecule is CC(C)c1c(-c2cnn(C(C)(CC(C)(C)C)C(=O)O)c2)[nH]c2c(C#N)cnn2c1=O. The number of aromatic amines is 1. The number of aliphatic carboxylic acids is 1. The second kappa shape index (κ2) is 7.13. The summed E-state index contributed by atoms with van der Waals surface area (Å²) in [6.45, 7) is 11.3. The summed E-state index contributed by atoms with van der Waals surface area (Å²) in [6, 6.07) is 2.02. The van der Waals surface area contributed by atoms with Crippen molar-refractivity contribution in [3.63, 3.8) is 0 Å². The molecule has 9 nitrogen and oxygen atoms in total. The van der Waals surface area contributed by atoms with Gasteiger partial charge in [-0.15, -0.1) is 0 Å². The predicted octanol–water partition coefficient (Wildman–Crippen LogP) is 3.12. The minimum absolute atomic E-state index is 0.133. The second-order valence-electron chi connectivity index (χ2n) is 9.29. The third kappa shape index (κ3) is 3.49. The molecule has 0 aliphatic heterocycles. The highest BCUT2D eigenvalue weighted by Gasteiger charge is 2.40. The maximum absolute atomic E-state index is 13.0. The molecule has 0 saturated heterocycles. The number of aromatic nitrogens is 5. The van der Waals surface area contributed by atoms with Gasteiger partial charge in [0, 0.05) is 17.3 Å². The first-order valence-electron chi connectivity index (χ1n) is 9.72. The molecule has 3 aromatic heterocycles. The summed E-state index contributed by atoms with van der Waals surface area (Å²) in [5, 5.41) is 27.6. The van der Waals surface area contributed by atoms with Crippen LogP contribution in [-0.2, 0) is 10.3 Å². The van der Waals surface area contributed by atoms with Gasteiger partial charge in [-0.3, -0.25) is 9.48 Å². The Bertz CT molecular complexity index is 1220. The lowest BCUT2D eigenvalue weighted by atomic mass is 9.81. The van der Waals surface area contributed by atoms with E-state index in [9.17, 15) is 20.0 Å². The quantitative estimate of drug-likeness (QED) is 0.665. The number of rotatable bonds is 5. The Labute approximate surface area is 174 Å². The zero-order valence-corrected chi connectivity index (χ0v) is 18.0. The molecule has 1 unspecified atom stereocenters. The van der Waals surface area contributed by atoms with Gasteiger partial charge >= 0.3 is 5.97 Å². The zero-order valence-electron chi connectivity index (χ0n) is 18.0. The Balaban J connectivity index is 2.24. The molecule has 30 heavy (non-hydrogen) atoms. The molecular formula is C21H26N6O3. The molecule has 0 spiro atoms. The van der Waals surface area contributed by atoms with E-state index in [1.54, 1.807) is 19.3 Å². The number of nitriles is 1. The van der Waals surface area contributed by atoms with E-state index >= 15 is 0 Å². The van der Waals surface area contributed by atoms with Crippen molar-refractivity contribution in [1.82, 2.24) is 24.4 Å². The van der Waals surface area contributed by atoms with Crippen molar-refractivity contribution in [2.24, 2.45) is 5.41 Å². The van der Waals surface area contributed by atoms with E-state index in [-0.39, 0.29) is 22.5 Å². The van der Waals surface area contributed by atoms with Crippen LogP contribution >= 0.6 is 0 Å². The third-order valence-electron chi connectivity index (χ3n) is 5.11. The molecule has 0 saturated carbocycles. The molecule has 0 amide bonds. The second-order valence-corrected chi connectivity index (χ2v) is 9.29. The van der Waals surface area contributed by atoms with Crippen LogP contribution in [-0.4, -0.2) is 35.5 Å². The molecule has 2 N–H and O–H groups in total. The van der Waals surface area contributed by atoms with Crippen LogP contribution in [0.15, 0.2) is 23.4 Å². The largest absolute Gasteiger partial charge is 0.479 e. The first kappa shape index (κ1) is 21.3. The summed E-state index contributed by atoms with van der Waals surface area (Å²) in [4.78, 5) is 28.3. The first-order chi connectivity index (χ1) is 13.9. The Kier molecular flexibility index (Phi) is 5.06. The highest BCUT2D eigenvalue weighted by atomic mass is 16.4. The number of carboxylic acids is 1. The summed E-state index contributed by atoms with van der Waals surface area (Å²) in [7, 11) is 0. The zero-order chi connectivity index (χ0) is 22.4. The normalized spacial score (nSPS) is 14.1. The number of hydrogen-bond donors (Lipinski definition) is 2. The molecule has 0 radical (unpaired) electrons. The van der Waals surface area contributed by atoms with Gasteiger partial charge in [0.15, 0.2) is 11.2 Å². The number of H-pyrrole nitrogens is 1. The minimum Gasteiger partial charge on any atom is -0.479 e. The fourth-order valence-electron chi connectivity index (χ4n) is 3.88. The van der Waals surface area contributed by atoms with Gasteiger partial charge in [-0.2, -0.15) is 20.0 Å². The fraction of sp³-hybridized carbons (Fsp3) is 0.476. The van der Waals surface area contributed by atoms with Crippen molar-refractivity contribution in [1.29, 1.82) is 5.26 Å². The summed E-state index contributed by atoms with van der Waals surface area (Å²) in [5.41, 5.74) is 0.298. The predicted molar refractivity (Wildman–Crippen MR) is 111 cm³/mol. The molecule has 3 rings (SSSR count). The third-order valence-corrected chi connectivity index (χ3v) is 5.11. The van der Waals surface area contributed by atoms with Crippen molar-refractivity contribution in [3.05, 3.63) is 40.1 Å². The number of nitrogens with zero attached hydrogens (tertiary/aromatic N) is 5. The summed E-state index contributed by atoms with van der Waals surface area (Å²) in [6.07, 6.45) is 4.88. The van der Waals surface area contributed by atoms with Gasteiger partial charge in [0.2, 0.25) is 0 Å². The van der Waals surface area contributed by atoms with Crippen LogP contribution in [0.4, 0.5) is 0 Å². The smallest absolute Gasteiger partial charge is 0.331 e. The van der Waals surface area contributed by atoms with Crippen molar-refractivity contribution in [3.8, 4) is 17.3 Å². The van der Waals surface area contributed by atoms with E-state index in [4.69, 9.17) is 0 Å². The molecule has 158 valence electrons. The highest BCUT2D eigenvalue weighted by molar-refractivity contribution is 5.76. The monoisotopic (exact) mass is 410 g/mol. The molecule has 0 aromatic carbocycles.